The van der Waals surface area contributed by atoms with E-state index in [1.54, 1.807) is 4.90 Å². The number of alkyl carbamates (subject to hydrolysis) is 1. The number of aromatic nitrogens is 4. The minimum atomic E-state index is -0.720. The molecule has 5 aromatic rings. The number of imidazole rings is 2. The summed E-state index contributed by atoms with van der Waals surface area (Å²) in [6, 6.07) is 17.9. The van der Waals surface area contributed by atoms with Gasteiger partial charge in [0, 0.05) is 31.5 Å². The molecule has 0 bridgehead atoms. The van der Waals surface area contributed by atoms with Crippen LogP contribution in [0.15, 0.2) is 60.8 Å². The molecule has 0 spiro atoms. The van der Waals surface area contributed by atoms with Crippen LogP contribution in [0.3, 0.4) is 0 Å². The van der Waals surface area contributed by atoms with Gasteiger partial charge in [0.2, 0.25) is 11.8 Å². The first kappa shape index (κ1) is 37.5. The highest BCUT2D eigenvalue weighted by Crippen LogP contribution is 2.31. The average molecular weight is 722 g/mol. The van der Waals surface area contributed by atoms with Crippen LogP contribution in [-0.4, -0.2) is 82.2 Å². The van der Waals surface area contributed by atoms with Gasteiger partial charge in [-0.15, -0.1) is 0 Å². The zero-order chi connectivity index (χ0) is 37.3. The number of H-pyrrole nitrogens is 2. The number of unbranched alkanes of at least 4 members (excludes halogenated alkanes) is 2. The highest BCUT2D eigenvalue weighted by Gasteiger charge is 2.37. The molecule has 1 saturated heterocycles. The third-order valence-corrected chi connectivity index (χ3v) is 10.2. The lowest BCUT2D eigenvalue weighted by Gasteiger charge is -2.37. The molecule has 280 valence electrons. The SMILES string of the molecule is CCCCC(=O)NCCCCc1ncc(-c2ccc3cc(-c4ccc5nc(C6COCCN6C(=O)C(NC(=O)OC)C(C)CC)[nH]c5c4)ccc3c2)[nH]1. The number of hydrogen-bond acceptors (Lipinski definition) is 7. The standard InChI is InChI=1S/C41H51N7O5/c1-5-7-11-37(49)42-18-9-8-10-36-43-24-34(44-36)31-15-14-27-21-28(12-13-29(27)22-31)30-16-17-32-33(23-30)46-39(45-32)35-25-53-20-19-48(35)40(50)38(26(3)6-2)47-41(51)52-4/h12-17,21-24,26,35,38H,5-11,18-20,25H2,1-4H3,(H,42,49)(H,43,44)(H,45,46)(H,47,51). The first-order chi connectivity index (χ1) is 25.8. The van der Waals surface area contributed by atoms with E-state index in [1.807, 2.05) is 26.1 Å². The Bertz CT molecular complexity index is 2040. The van der Waals surface area contributed by atoms with Crippen molar-refractivity contribution >= 4 is 39.7 Å². The van der Waals surface area contributed by atoms with E-state index < -0.39 is 18.2 Å². The number of aromatic amines is 2. The van der Waals surface area contributed by atoms with Crippen LogP contribution in [0, 0.1) is 5.92 Å². The summed E-state index contributed by atoms with van der Waals surface area (Å²) in [5.41, 5.74) is 5.85. The van der Waals surface area contributed by atoms with Gasteiger partial charge in [0.25, 0.3) is 0 Å². The molecule has 3 heterocycles. The summed E-state index contributed by atoms with van der Waals surface area (Å²) in [6.45, 7) is 7.83. The van der Waals surface area contributed by atoms with Crippen LogP contribution in [0.2, 0.25) is 0 Å². The van der Waals surface area contributed by atoms with Crippen LogP contribution in [-0.2, 0) is 25.5 Å². The lowest BCUT2D eigenvalue weighted by atomic mass is 9.97. The summed E-state index contributed by atoms with van der Waals surface area (Å²) in [5.74, 6) is 1.47. The highest BCUT2D eigenvalue weighted by atomic mass is 16.5. The van der Waals surface area contributed by atoms with Crippen molar-refractivity contribution < 1.29 is 23.9 Å². The Morgan fingerprint density at radius 2 is 1.74 bits per heavy atom. The number of methoxy groups -OCH3 is 1. The van der Waals surface area contributed by atoms with Crippen molar-refractivity contribution in [2.24, 2.45) is 5.92 Å². The number of morpholine rings is 1. The van der Waals surface area contributed by atoms with Crippen molar-refractivity contribution in [1.29, 1.82) is 0 Å². The molecular formula is C41H51N7O5. The Kier molecular flexibility index (Phi) is 12.4. The van der Waals surface area contributed by atoms with Crippen LogP contribution in [0.5, 0.6) is 0 Å². The third-order valence-electron chi connectivity index (χ3n) is 10.2. The summed E-state index contributed by atoms with van der Waals surface area (Å²) in [7, 11) is 1.30. The van der Waals surface area contributed by atoms with E-state index >= 15 is 0 Å². The molecule has 0 aliphatic carbocycles. The van der Waals surface area contributed by atoms with Crippen LogP contribution >= 0.6 is 0 Å². The monoisotopic (exact) mass is 721 g/mol. The number of fused-ring (bicyclic) bond motifs is 2. The van der Waals surface area contributed by atoms with Crippen LogP contribution in [0.25, 0.3) is 44.2 Å². The summed E-state index contributed by atoms with van der Waals surface area (Å²) in [4.78, 5) is 55.9. The maximum Gasteiger partial charge on any atom is 0.407 e. The van der Waals surface area contributed by atoms with Gasteiger partial charge >= 0.3 is 6.09 Å². The summed E-state index contributed by atoms with van der Waals surface area (Å²) in [5, 5.41) is 8.00. The third kappa shape index (κ3) is 9.05. The molecule has 3 atom stereocenters. The number of aryl methyl sites for hydroxylation is 1. The predicted octanol–water partition coefficient (Wildman–Crippen LogP) is 7.07. The van der Waals surface area contributed by atoms with E-state index in [0.29, 0.717) is 45.0 Å². The first-order valence-electron chi connectivity index (χ1n) is 18.9. The lowest BCUT2D eigenvalue weighted by Crippen LogP contribution is -2.55. The van der Waals surface area contributed by atoms with E-state index in [-0.39, 0.29) is 17.7 Å². The molecule has 3 aromatic carbocycles. The number of benzene rings is 3. The summed E-state index contributed by atoms with van der Waals surface area (Å²) in [6.07, 6.45) is 7.26. The number of carbonyl (C=O) groups excluding carboxylic acids is 3. The number of nitrogens with zero attached hydrogens (tertiary/aromatic N) is 3. The number of ether oxygens (including phenoxy) is 2. The van der Waals surface area contributed by atoms with Crippen LogP contribution in [0.1, 0.15) is 77.0 Å². The molecular weight excluding hydrogens is 670 g/mol. The molecule has 0 saturated carbocycles. The smallest absolute Gasteiger partial charge is 0.407 e. The quantitative estimate of drug-likeness (QED) is 0.0843. The molecule has 2 aromatic heterocycles. The lowest BCUT2D eigenvalue weighted by molar-refractivity contribution is -0.144. The predicted molar refractivity (Wildman–Crippen MR) is 206 cm³/mol. The minimum Gasteiger partial charge on any atom is -0.453 e. The normalized spacial score (nSPS) is 15.7. The topological polar surface area (TPSA) is 154 Å². The zero-order valence-electron chi connectivity index (χ0n) is 31.2. The van der Waals surface area contributed by atoms with Crippen molar-refractivity contribution in [3.8, 4) is 22.4 Å². The fraction of sp³-hybridized carbons (Fsp3) is 0.439. The van der Waals surface area contributed by atoms with E-state index in [2.05, 4.69) is 81.0 Å². The van der Waals surface area contributed by atoms with Crippen LogP contribution < -0.4 is 10.6 Å². The van der Waals surface area contributed by atoms with Crippen molar-refractivity contribution in [3.05, 3.63) is 72.4 Å². The molecule has 12 heteroatoms. The van der Waals surface area contributed by atoms with Crippen LogP contribution in [0.4, 0.5) is 4.79 Å². The van der Waals surface area contributed by atoms with E-state index in [9.17, 15) is 14.4 Å². The molecule has 4 N–H and O–H groups in total. The number of hydrogen-bond donors (Lipinski definition) is 4. The van der Waals surface area contributed by atoms with Crippen molar-refractivity contribution in [2.75, 3.05) is 33.4 Å². The molecule has 12 nitrogen and oxygen atoms in total. The summed E-state index contributed by atoms with van der Waals surface area (Å²) >= 11 is 0. The molecule has 1 fully saturated rings. The van der Waals surface area contributed by atoms with Crippen molar-refractivity contribution in [3.63, 3.8) is 0 Å². The summed E-state index contributed by atoms with van der Waals surface area (Å²) < 4.78 is 10.6. The maximum atomic E-state index is 13.8. The van der Waals surface area contributed by atoms with Crippen molar-refractivity contribution in [2.45, 2.75) is 77.8 Å². The fourth-order valence-corrected chi connectivity index (χ4v) is 6.81. The minimum absolute atomic E-state index is 0.0849. The molecule has 3 amide bonds. The van der Waals surface area contributed by atoms with Gasteiger partial charge in [-0.25, -0.2) is 14.8 Å². The second-order valence-electron chi connectivity index (χ2n) is 13.9. The Morgan fingerprint density at radius 3 is 2.51 bits per heavy atom. The molecule has 0 radical (unpaired) electrons. The van der Waals surface area contributed by atoms with Gasteiger partial charge in [-0.05, 0) is 71.3 Å². The Labute approximate surface area is 310 Å². The second kappa shape index (κ2) is 17.5. The van der Waals surface area contributed by atoms with E-state index in [1.165, 1.54) is 7.11 Å². The van der Waals surface area contributed by atoms with Gasteiger partial charge in [0.15, 0.2) is 0 Å². The van der Waals surface area contributed by atoms with Crippen molar-refractivity contribution in [1.82, 2.24) is 35.5 Å². The van der Waals surface area contributed by atoms with E-state index in [4.69, 9.17) is 14.5 Å². The largest absolute Gasteiger partial charge is 0.453 e. The molecule has 1 aliphatic heterocycles. The van der Waals surface area contributed by atoms with Gasteiger partial charge in [-0.1, -0.05) is 63.9 Å². The Balaban J connectivity index is 1.13. The fourth-order valence-electron chi connectivity index (χ4n) is 6.81. The number of rotatable bonds is 15. The Morgan fingerprint density at radius 1 is 0.981 bits per heavy atom. The first-order valence-corrected chi connectivity index (χ1v) is 18.9. The number of amides is 3. The van der Waals surface area contributed by atoms with E-state index in [0.717, 1.165) is 82.1 Å². The number of carbonyl (C=O) groups is 3. The zero-order valence-corrected chi connectivity index (χ0v) is 31.2. The average Bonchev–Trinajstić information content (AvgIpc) is 3.85. The molecule has 53 heavy (non-hydrogen) atoms. The maximum absolute atomic E-state index is 13.8. The van der Waals surface area contributed by atoms with Gasteiger partial charge in [-0.3, -0.25) is 9.59 Å². The van der Waals surface area contributed by atoms with Gasteiger partial charge in [0.05, 0.1) is 43.2 Å². The molecule has 6 rings (SSSR count). The number of nitrogens with one attached hydrogen (secondary N) is 4. The van der Waals surface area contributed by atoms with Gasteiger partial charge in [-0.2, -0.15) is 0 Å². The van der Waals surface area contributed by atoms with Gasteiger partial charge < -0.3 is 35.0 Å². The second-order valence-corrected chi connectivity index (χ2v) is 13.9. The molecule has 1 aliphatic rings. The Hall–Kier alpha value is -5.23. The highest BCUT2D eigenvalue weighted by molar-refractivity contribution is 5.92. The molecule has 3 unspecified atom stereocenters. The van der Waals surface area contributed by atoms with Gasteiger partial charge in [0.1, 0.15) is 23.7 Å².